The van der Waals surface area contributed by atoms with Crippen LogP contribution in [0, 0.1) is 10.8 Å². The normalized spacial score (nSPS) is 21.8. The van der Waals surface area contributed by atoms with E-state index < -0.39 is 35.5 Å². The van der Waals surface area contributed by atoms with Gasteiger partial charge in [0.2, 0.25) is 0 Å². The van der Waals surface area contributed by atoms with Gasteiger partial charge >= 0.3 is 12.4 Å². The fraction of sp³-hybridized carbons (Fsp3) is 0.388. The molecule has 0 aromatic heterocycles. The summed E-state index contributed by atoms with van der Waals surface area (Å²) in [5, 5.41) is 1.12. The largest absolute Gasteiger partial charge is 0.497 e. The first kappa shape index (κ1) is 40.1. The number of halogens is 6. The first-order chi connectivity index (χ1) is 28.1. The summed E-state index contributed by atoms with van der Waals surface area (Å²) in [5.41, 5.74) is 4.48. The minimum absolute atomic E-state index is 0.0218. The molecule has 11 heteroatoms. The third-order valence-electron chi connectivity index (χ3n) is 13.5. The van der Waals surface area contributed by atoms with Crippen molar-refractivity contribution in [2.45, 2.75) is 82.4 Å². The summed E-state index contributed by atoms with van der Waals surface area (Å²) in [6.45, 7) is 9.18. The van der Waals surface area contributed by atoms with Crippen LogP contribution in [-0.2, 0) is 11.0 Å². The topological polar surface area (TPSA) is 34.2 Å². The summed E-state index contributed by atoms with van der Waals surface area (Å²) in [7, 11) is 5.40. The van der Waals surface area contributed by atoms with Crippen LogP contribution in [-0.4, -0.2) is 52.8 Å². The number of alkyl halides is 6. The third kappa shape index (κ3) is 5.88. The molecule has 0 bridgehead atoms. The predicted octanol–water partition coefficient (Wildman–Crippen LogP) is 12.5. The molecule has 1 fully saturated rings. The minimum Gasteiger partial charge on any atom is -0.497 e. The van der Waals surface area contributed by atoms with E-state index in [-0.39, 0.29) is 22.2 Å². The van der Waals surface area contributed by atoms with Crippen molar-refractivity contribution in [1.82, 2.24) is 0 Å². The van der Waals surface area contributed by atoms with E-state index in [4.69, 9.17) is 14.2 Å². The van der Waals surface area contributed by atoms with Gasteiger partial charge in [0.05, 0.1) is 25.6 Å². The summed E-state index contributed by atoms with van der Waals surface area (Å²) >= 11 is 0. The Kier molecular flexibility index (Phi) is 8.75. The number of benzene rings is 5. The summed E-state index contributed by atoms with van der Waals surface area (Å²) in [5.74, 6) is 1.74. The van der Waals surface area contributed by atoms with E-state index in [0.29, 0.717) is 28.0 Å². The number of methoxy groups -OCH3 is 2. The molecule has 5 nitrogen and oxygen atoms in total. The highest BCUT2D eigenvalue weighted by atomic mass is 19.4. The van der Waals surface area contributed by atoms with Crippen molar-refractivity contribution >= 4 is 28.2 Å². The molecule has 2 aliphatic carbocycles. The second-order valence-electron chi connectivity index (χ2n) is 18.7. The van der Waals surface area contributed by atoms with Crippen molar-refractivity contribution in [3.63, 3.8) is 0 Å². The molecule has 2 heterocycles. The molecule has 60 heavy (non-hydrogen) atoms. The number of ether oxygens (including phenoxy) is 3. The maximum atomic E-state index is 14.9. The maximum Gasteiger partial charge on any atom is 0.411 e. The van der Waals surface area contributed by atoms with E-state index >= 15 is 0 Å². The van der Waals surface area contributed by atoms with Gasteiger partial charge in [-0.3, -0.25) is 0 Å². The third-order valence-corrected chi connectivity index (χ3v) is 13.5. The van der Waals surface area contributed by atoms with Crippen molar-refractivity contribution in [2.24, 2.45) is 10.8 Å². The Hall–Kier alpha value is -5.32. The molecule has 5 aromatic rings. The molecule has 2 aliphatic heterocycles. The van der Waals surface area contributed by atoms with Gasteiger partial charge in [0.1, 0.15) is 17.2 Å². The van der Waals surface area contributed by atoms with Gasteiger partial charge in [0, 0.05) is 41.6 Å². The number of fused-ring (bicyclic) bond motifs is 11. The Labute approximate surface area is 346 Å². The predicted molar refractivity (Wildman–Crippen MR) is 224 cm³/mol. The van der Waals surface area contributed by atoms with Gasteiger partial charge in [-0.15, -0.1) is 0 Å². The Morgan fingerprint density at radius 1 is 0.650 bits per heavy atom. The van der Waals surface area contributed by atoms with Crippen molar-refractivity contribution < 1.29 is 40.6 Å². The zero-order chi connectivity index (χ0) is 42.9. The van der Waals surface area contributed by atoms with Crippen LogP contribution < -0.4 is 24.0 Å². The molecule has 0 saturated heterocycles. The molecule has 0 N–H and O–H groups in total. The monoisotopic (exact) mass is 826 g/mol. The maximum absolute atomic E-state index is 14.9. The van der Waals surface area contributed by atoms with Crippen LogP contribution in [0.5, 0.6) is 17.2 Å². The zero-order valence-corrected chi connectivity index (χ0v) is 34.9. The van der Waals surface area contributed by atoms with Gasteiger partial charge < -0.3 is 24.0 Å². The molecule has 2 unspecified atom stereocenters. The molecule has 4 aliphatic rings. The molecule has 0 amide bonds. The SMILES string of the molecule is COc1ccc(C2(c3ccc(OC)cc3)C=Cc3c4c(c5cc6c(cc5c3O2)N(C)C(C(F)(F)F)C(C(F)(F)F)N6C)-c2ccccc2C42CC(C)(C)CC(C)(C)C2)cc1. The second-order valence-corrected chi connectivity index (χ2v) is 18.7. The first-order valence-electron chi connectivity index (χ1n) is 20.2. The summed E-state index contributed by atoms with van der Waals surface area (Å²) in [4.78, 5) is 1.51. The van der Waals surface area contributed by atoms with Gasteiger partial charge in [-0.1, -0.05) is 82.3 Å². The van der Waals surface area contributed by atoms with Gasteiger partial charge in [0.15, 0.2) is 17.7 Å². The quantitative estimate of drug-likeness (QED) is 0.169. The lowest BCUT2D eigenvalue weighted by Crippen LogP contribution is -2.65. The van der Waals surface area contributed by atoms with Crippen LogP contribution in [0.25, 0.3) is 28.0 Å². The van der Waals surface area contributed by atoms with E-state index in [1.165, 1.54) is 0 Å². The Bertz CT molecular complexity index is 2490. The lowest BCUT2D eigenvalue weighted by Gasteiger charge is -2.52. The van der Waals surface area contributed by atoms with Crippen LogP contribution in [0.1, 0.15) is 74.8 Å². The Morgan fingerprint density at radius 2 is 1.13 bits per heavy atom. The zero-order valence-electron chi connectivity index (χ0n) is 34.9. The highest BCUT2D eigenvalue weighted by Crippen LogP contribution is 2.67. The molecular formula is C49H48F6N2O3. The highest BCUT2D eigenvalue weighted by Gasteiger charge is 2.62. The van der Waals surface area contributed by atoms with Crippen LogP contribution in [0.15, 0.2) is 91.0 Å². The van der Waals surface area contributed by atoms with Gasteiger partial charge in [-0.25, -0.2) is 0 Å². The fourth-order valence-electron chi connectivity index (χ4n) is 11.9. The van der Waals surface area contributed by atoms with E-state index in [1.807, 2.05) is 66.7 Å². The van der Waals surface area contributed by atoms with Crippen LogP contribution >= 0.6 is 0 Å². The summed E-state index contributed by atoms with van der Waals surface area (Å²) < 4.78 is 108. The van der Waals surface area contributed by atoms with Crippen molar-refractivity contribution in [1.29, 1.82) is 0 Å². The van der Waals surface area contributed by atoms with Crippen molar-refractivity contribution in [3.8, 4) is 28.4 Å². The van der Waals surface area contributed by atoms with E-state index in [1.54, 1.807) is 26.4 Å². The van der Waals surface area contributed by atoms with Gasteiger partial charge in [0.25, 0.3) is 0 Å². The van der Waals surface area contributed by atoms with Crippen LogP contribution in [0.2, 0.25) is 0 Å². The highest BCUT2D eigenvalue weighted by molar-refractivity contribution is 6.11. The summed E-state index contributed by atoms with van der Waals surface area (Å²) in [6.07, 6.45) is -3.64. The van der Waals surface area contributed by atoms with Crippen LogP contribution in [0.4, 0.5) is 37.7 Å². The fourth-order valence-corrected chi connectivity index (χ4v) is 11.9. The van der Waals surface area contributed by atoms with Crippen molar-refractivity contribution in [2.75, 3.05) is 38.1 Å². The molecule has 1 saturated carbocycles. The lowest BCUT2D eigenvalue weighted by molar-refractivity contribution is -0.207. The van der Waals surface area contributed by atoms with Crippen LogP contribution in [0.3, 0.4) is 0 Å². The van der Waals surface area contributed by atoms with Gasteiger partial charge in [-0.2, -0.15) is 26.3 Å². The molecular weight excluding hydrogens is 779 g/mol. The summed E-state index contributed by atoms with van der Waals surface area (Å²) in [6, 6.07) is 20.9. The number of likely N-dealkylation sites (N-methyl/N-ethyl adjacent to an activating group) is 2. The molecule has 9 rings (SSSR count). The smallest absolute Gasteiger partial charge is 0.411 e. The second kappa shape index (κ2) is 13.1. The minimum atomic E-state index is -5.20. The lowest BCUT2D eigenvalue weighted by atomic mass is 9.52. The number of rotatable bonds is 4. The number of anilines is 2. The molecule has 5 aromatic carbocycles. The molecule has 314 valence electrons. The van der Waals surface area contributed by atoms with Gasteiger partial charge in [-0.05, 0) is 100 Å². The number of nitrogens with zero attached hydrogens (tertiary/aromatic N) is 2. The molecule has 2 atom stereocenters. The Balaban J connectivity index is 1.41. The van der Waals surface area contributed by atoms with E-state index in [9.17, 15) is 26.3 Å². The number of hydrogen-bond donors (Lipinski definition) is 0. The molecule has 1 spiro atoms. The Morgan fingerprint density at radius 3 is 1.62 bits per heavy atom. The average molecular weight is 827 g/mol. The van der Waals surface area contributed by atoms with Crippen molar-refractivity contribution in [3.05, 3.63) is 119 Å². The van der Waals surface area contributed by atoms with E-state index in [0.717, 1.165) is 82.1 Å². The average Bonchev–Trinajstić information content (AvgIpc) is 3.44. The number of hydrogen-bond acceptors (Lipinski definition) is 5. The van der Waals surface area contributed by atoms with E-state index in [2.05, 4.69) is 45.9 Å². The first-order valence-corrected chi connectivity index (χ1v) is 20.2. The molecule has 0 radical (unpaired) electrons. The standard InChI is InChI=1S/C49H48F6N2O3/c1-44(2)25-45(3,4)27-46(26-44)36-12-10-9-11-32(36)39-34-23-37-38(57(6)43(49(53,54)55)42(56(37)5)48(50,51)52)24-35(34)41-33(40(39)46)21-22-47(60-41,28-13-17-30(58-7)18-14-28)29-15-19-31(59-8)20-16-29/h9-24,42-43H,25-27H2,1-8H3.